The summed E-state index contributed by atoms with van der Waals surface area (Å²) in [6.07, 6.45) is 2.66. The number of benzene rings is 1. The van der Waals surface area contributed by atoms with E-state index in [1.807, 2.05) is 49.4 Å². The molecule has 0 aliphatic rings. The summed E-state index contributed by atoms with van der Waals surface area (Å²) in [6.45, 7) is 4.07. The fraction of sp³-hybridized carbons (Fsp3) is 0.312. The molecule has 0 aliphatic heterocycles. The Labute approximate surface area is 119 Å². The van der Waals surface area contributed by atoms with E-state index in [4.69, 9.17) is 9.47 Å². The lowest BCUT2D eigenvalue weighted by atomic mass is 10.3. The molecule has 2 aromatic rings. The highest BCUT2D eigenvalue weighted by Gasteiger charge is 2.02. The third kappa shape index (κ3) is 4.46. The van der Waals surface area contributed by atoms with Crippen molar-refractivity contribution in [1.29, 1.82) is 0 Å². The molecular formula is C16H20N2O2. The normalized spacial score (nSPS) is 10.1. The minimum absolute atomic E-state index is 0.636. The van der Waals surface area contributed by atoms with Crippen LogP contribution < -0.4 is 14.8 Å². The van der Waals surface area contributed by atoms with Crippen LogP contribution in [0.1, 0.15) is 13.3 Å². The number of rotatable bonds is 8. The number of aromatic nitrogens is 1. The Morgan fingerprint density at radius 1 is 1.05 bits per heavy atom. The largest absolute Gasteiger partial charge is 0.494 e. The van der Waals surface area contributed by atoms with Gasteiger partial charge in [0.2, 0.25) is 0 Å². The van der Waals surface area contributed by atoms with Crippen molar-refractivity contribution in [3.05, 3.63) is 48.7 Å². The molecule has 1 N–H and O–H groups in total. The van der Waals surface area contributed by atoms with E-state index in [1.54, 1.807) is 6.20 Å². The smallest absolute Gasteiger partial charge is 0.168 e. The number of nitrogens with one attached hydrogen (secondary N) is 1. The Balaban J connectivity index is 1.71. The maximum absolute atomic E-state index is 5.63. The van der Waals surface area contributed by atoms with Crippen molar-refractivity contribution in [2.24, 2.45) is 0 Å². The van der Waals surface area contributed by atoms with E-state index >= 15 is 0 Å². The number of ether oxygens (including phenoxy) is 2. The maximum atomic E-state index is 5.63. The van der Waals surface area contributed by atoms with E-state index in [-0.39, 0.29) is 0 Å². The van der Waals surface area contributed by atoms with Crippen molar-refractivity contribution in [3.63, 3.8) is 0 Å². The zero-order valence-electron chi connectivity index (χ0n) is 11.7. The molecule has 1 aromatic carbocycles. The molecule has 1 heterocycles. The van der Waals surface area contributed by atoms with Crippen LogP contribution in [0, 0.1) is 0 Å². The van der Waals surface area contributed by atoms with Gasteiger partial charge in [-0.1, -0.05) is 18.2 Å². The molecule has 4 nitrogen and oxygen atoms in total. The van der Waals surface area contributed by atoms with Gasteiger partial charge in [-0.05, 0) is 37.6 Å². The van der Waals surface area contributed by atoms with E-state index in [2.05, 4.69) is 10.3 Å². The van der Waals surface area contributed by atoms with Crippen LogP contribution in [-0.2, 0) is 0 Å². The first-order valence-corrected chi connectivity index (χ1v) is 6.89. The van der Waals surface area contributed by atoms with Crippen LogP contribution in [0.2, 0.25) is 0 Å². The van der Waals surface area contributed by atoms with Crippen molar-refractivity contribution >= 4 is 5.82 Å². The minimum Gasteiger partial charge on any atom is -0.494 e. The van der Waals surface area contributed by atoms with Crippen LogP contribution in [0.3, 0.4) is 0 Å². The van der Waals surface area contributed by atoms with E-state index in [0.29, 0.717) is 13.2 Å². The fourth-order valence-electron chi connectivity index (χ4n) is 1.78. The monoisotopic (exact) mass is 272 g/mol. The van der Waals surface area contributed by atoms with Crippen LogP contribution in [0.4, 0.5) is 5.82 Å². The number of anilines is 1. The second-order valence-electron chi connectivity index (χ2n) is 4.23. The third-order valence-corrected chi connectivity index (χ3v) is 2.70. The minimum atomic E-state index is 0.636. The average molecular weight is 272 g/mol. The number of pyridine rings is 1. The van der Waals surface area contributed by atoms with Crippen molar-refractivity contribution in [2.45, 2.75) is 13.3 Å². The van der Waals surface area contributed by atoms with Gasteiger partial charge in [0, 0.05) is 12.7 Å². The summed E-state index contributed by atoms with van der Waals surface area (Å²) < 4.78 is 11.1. The van der Waals surface area contributed by atoms with E-state index in [9.17, 15) is 0 Å². The van der Waals surface area contributed by atoms with Crippen LogP contribution in [0.15, 0.2) is 48.7 Å². The Kier molecular flexibility index (Phi) is 5.71. The molecule has 0 radical (unpaired) electrons. The van der Waals surface area contributed by atoms with E-state index < -0.39 is 0 Å². The van der Waals surface area contributed by atoms with Gasteiger partial charge in [0.15, 0.2) is 11.6 Å². The lowest BCUT2D eigenvalue weighted by molar-refractivity contribution is 0.314. The summed E-state index contributed by atoms with van der Waals surface area (Å²) in [5.74, 6) is 2.48. The second-order valence-corrected chi connectivity index (χ2v) is 4.23. The zero-order chi connectivity index (χ0) is 14.0. The summed E-state index contributed by atoms with van der Waals surface area (Å²) in [5.41, 5.74) is 0. The predicted molar refractivity (Wildman–Crippen MR) is 80.4 cm³/mol. The highest BCUT2D eigenvalue weighted by atomic mass is 16.5. The fourth-order valence-corrected chi connectivity index (χ4v) is 1.78. The molecule has 1 aromatic heterocycles. The lowest BCUT2D eigenvalue weighted by Gasteiger charge is -2.11. The highest BCUT2D eigenvalue weighted by molar-refractivity contribution is 5.49. The van der Waals surface area contributed by atoms with Gasteiger partial charge >= 0.3 is 0 Å². The first-order chi connectivity index (χ1) is 9.90. The molecule has 0 atom stereocenters. The Morgan fingerprint density at radius 2 is 1.90 bits per heavy atom. The van der Waals surface area contributed by atoms with E-state index in [0.717, 1.165) is 30.3 Å². The molecular weight excluding hydrogens is 252 g/mol. The number of hydrogen-bond donors (Lipinski definition) is 1. The van der Waals surface area contributed by atoms with Gasteiger partial charge < -0.3 is 14.8 Å². The number of hydrogen-bond acceptors (Lipinski definition) is 4. The number of para-hydroxylation sites is 1. The van der Waals surface area contributed by atoms with Crippen molar-refractivity contribution in [3.8, 4) is 11.5 Å². The van der Waals surface area contributed by atoms with Crippen LogP contribution in [-0.4, -0.2) is 24.7 Å². The quantitative estimate of drug-likeness (QED) is 0.748. The highest BCUT2D eigenvalue weighted by Crippen LogP contribution is 2.20. The SMILES string of the molecule is CCOc1cccnc1NCCCOc1ccccc1. The van der Waals surface area contributed by atoms with E-state index in [1.165, 1.54) is 0 Å². The molecule has 0 bridgehead atoms. The van der Waals surface area contributed by atoms with Crippen LogP contribution >= 0.6 is 0 Å². The zero-order valence-corrected chi connectivity index (χ0v) is 11.7. The molecule has 2 rings (SSSR count). The standard InChI is InChI=1S/C16H20N2O2/c1-2-19-15-10-6-11-17-16(15)18-12-7-13-20-14-8-4-3-5-9-14/h3-6,8-11H,2,7,12-13H2,1H3,(H,17,18). The molecule has 4 heteroatoms. The molecule has 20 heavy (non-hydrogen) atoms. The Hall–Kier alpha value is -2.23. The maximum Gasteiger partial charge on any atom is 0.168 e. The molecule has 0 amide bonds. The van der Waals surface area contributed by atoms with Crippen LogP contribution in [0.25, 0.3) is 0 Å². The summed E-state index contributed by atoms with van der Waals surface area (Å²) in [6, 6.07) is 13.6. The first kappa shape index (κ1) is 14.2. The lowest BCUT2D eigenvalue weighted by Crippen LogP contribution is -2.09. The molecule has 0 spiro atoms. The van der Waals surface area contributed by atoms with Gasteiger partial charge in [0.05, 0.1) is 13.2 Å². The van der Waals surface area contributed by atoms with Gasteiger partial charge in [-0.25, -0.2) is 4.98 Å². The molecule has 0 saturated carbocycles. The Bertz CT molecular complexity index is 503. The van der Waals surface area contributed by atoms with Crippen molar-refractivity contribution in [1.82, 2.24) is 4.98 Å². The third-order valence-electron chi connectivity index (χ3n) is 2.70. The summed E-state index contributed by atoms with van der Waals surface area (Å²) in [7, 11) is 0. The first-order valence-electron chi connectivity index (χ1n) is 6.89. The number of nitrogens with zero attached hydrogens (tertiary/aromatic N) is 1. The van der Waals surface area contributed by atoms with Crippen molar-refractivity contribution < 1.29 is 9.47 Å². The molecule has 0 aliphatic carbocycles. The average Bonchev–Trinajstić information content (AvgIpc) is 2.50. The second kappa shape index (κ2) is 8.04. The topological polar surface area (TPSA) is 43.4 Å². The van der Waals surface area contributed by atoms with Gasteiger partial charge in [0.1, 0.15) is 5.75 Å². The summed E-state index contributed by atoms with van der Waals surface area (Å²) in [4.78, 5) is 4.28. The Morgan fingerprint density at radius 3 is 2.70 bits per heavy atom. The molecule has 0 saturated heterocycles. The molecule has 106 valence electrons. The summed E-state index contributed by atoms with van der Waals surface area (Å²) in [5, 5.41) is 3.27. The van der Waals surface area contributed by atoms with Gasteiger partial charge in [0.25, 0.3) is 0 Å². The predicted octanol–water partition coefficient (Wildman–Crippen LogP) is 3.36. The van der Waals surface area contributed by atoms with Crippen molar-refractivity contribution in [2.75, 3.05) is 25.1 Å². The van der Waals surface area contributed by atoms with Gasteiger partial charge in [-0.15, -0.1) is 0 Å². The van der Waals surface area contributed by atoms with Gasteiger partial charge in [-0.3, -0.25) is 0 Å². The molecule has 0 unspecified atom stereocenters. The van der Waals surface area contributed by atoms with Crippen LogP contribution in [0.5, 0.6) is 11.5 Å². The molecule has 0 fully saturated rings. The van der Waals surface area contributed by atoms with Gasteiger partial charge in [-0.2, -0.15) is 0 Å². The summed E-state index contributed by atoms with van der Waals surface area (Å²) >= 11 is 0.